The summed E-state index contributed by atoms with van der Waals surface area (Å²) in [6, 6.07) is 17.4. The maximum atomic E-state index is 9.58. The number of benzene rings is 2. The predicted molar refractivity (Wildman–Crippen MR) is 150 cm³/mol. The Morgan fingerprint density at radius 3 is 2.51 bits per heavy atom. The van der Waals surface area contributed by atoms with Gasteiger partial charge in [-0.3, -0.25) is 4.90 Å². The molecule has 192 valence electrons. The number of hydrogen-bond acceptors (Lipinski definition) is 8. The van der Waals surface area contributed by atoms with Crippen LogP contribution in [0.25, 0.3) is 22.0 Å². The molecule has 1 aliphatic rings. The molecule has 0 amide bonds. The number of nitrogens with zero attached hydrogens (tertiary/aromatic N) is 6. The van der Waals surface area contributed by atoms with Gasteiger partial charge in [-0.2, -0.15) is 4.98 Å². The number of anilines is 2. The van der Waals surface area contributed by atoms with E-state index in [1.165, 1.54) is 0 Å². The van der Waals surface area contributed by atoms with Crippen molar-refractivity contribution in [3.63, 3.8) is 0 Å². The first kappa shape index (κ1) is 25.2. The molecule has 2 aromatic carbocycles. The largest absolute Gasteiger partial charge is 0.493 e. The third-order valence-corrected chi connectivity index (χ3v) is 6.87. The van der Waals surface area contributed by atoms with E-state index in [-0.39, 0.29) is 5.88 Å². The van der Waals surface area contributed by atoms with E-state index in [1.807, 2.05) is 42.5 Å². The number of pyridine rings is 1. The standard InChI is InChI=1S/C28H32ClN7O/c1-34(2)10-11-35-12-14-36(15-13-35)28-32-25-8-6-21(22-7-9-26(37)30-19-22)17-24(25)27(33-28)31-18-20-4-3-5-23(29)16-20/h3-9,16-17,19H,10-15,18H2,1-2H3,(H,30,37)(H,31,32,33). The zero-order chi connectivity index (χ0) is 25.8. The molecule has 2 N–H and O–H groups in total. The minimum Gasteiger partial charge on any atom is -0.493 e. The van der Waals surface area contributed by atoms with Gasteiger partial charge in [0.25, 0.3) is 0 Å². The van der Waals surface area contributed by atoms with Gasteiger partial charge in [-0.1, -0.05) is 29.8 Å². The molecule has 8 nitrogen and oxygen atoms in total. The van der Waals surface area contributed by atoms with Crippen LogP contribution in [-0.2, 0) is 6.54 Å². The van der Waals surface area contributed by atoms with Crippen LogP contribution in [0.5, 0.6) is 5.88 Å². The zero-order valence-corrected chi connectivity index (χ0v) is 22.0. The summed E-state index contributed by atoms with van der Waals surface area (Å²) in [5.74, 6) is 1.53. The molecule has 0 spiro atoms. The van der Waals surface area contributed by atoms with Crippen LogP contribution in [0.1, 0.15) is 5.56 Å². The first-order valence-corrected chi connectivity index (χ1v) is 12.9. The first-order chi connectivity index (χ1) is 17.9. The van der Waals surface area contributed by atoms with Gasteiger partial charge in [-0.15, -0.1) is 0 Å². The molecular weight excluding hydrogens is 486 g/mol. The quantitative estimate of drug-likeness (QED) is 0.357. The monoisotopic (exact) mass is 517 g/mol. The van der Waals surface area contributed by atoms with Gasteiger partial charge in [0.1, 0.15) is 5.82 Å². The summed E-state index contributed by atoms with van der Waals surface area (Å²) in [6.07, 6.45) is 1.67. The smallest absolute Gasteiger partial charge is 0.227 e. The summed E-state index contributed by atoms with van der Waals surface area (Å²) >= 11 is 6.21. The van der Waals surface area contributed by atoms with Crippen molar-refractivity contribution < 1.29 is 5.11 Å². The zero-order valence-electron chi connectivity index (χ0n) is 21.2. The summed E-state index contributed by atoms with van der Waals surface area (Å²) in [5.41, 5.74) is 3.86. The van der Waals surface area contributed by atoms with Gasteiger partial charge in [-0.05, 0) is 55.6 Å². The molecule has 0 aliphatic carbocycles. The van der Waals surface area contributed by atoms with Crippen molar-refractivity contribution in [1.82, 2.24) is 24.8 Å². The lowest BCUT2D eigenvalue weighted by molar-refractivity contribution is 0.229. The van der Waals surface area contributed by atoms with E-state index in [9.17, 15) is 5.11 Å². The highest BCUT2D eigenvalue weighted by atomic mass is 35.5. The number of halogens is 1. The number of likely N-dealkylation sites (N-methyl/N-ethyl adjacent to an activating group) is 1. The lowest BCUT2D eigenvalue weighted by Crippen LogP contribution is -2.48. The minimum atomic E-state index is 0.00297. The maximum Gasteiger partial charge on any atom is 0.227 e. The minimum absolute atomic E-state index is 0.00297. The Labute approximate surface area is 222 Å². The number of aromatic hydroxyl groups is 1. The third kappa shape index (κ3) is 6.28. The normalized spacial score (nSPS) is 14.4. The van der Waals surface area contributed by atoms with E-state index in [1.54, 1.807) is 12.3 Å². The fraction of sp³-hybridized carbons (Fsp3) is 0.321. The number of nitrogens with one attached hydrogen (secondary N) is 1. The Hall–Kier alpha value is -3.46. The van der Waals surface area contributed by atoms with Gasteiger partial charge >= 0.3 is 0 Å². The molecule has 37 heavy (non-hydrogen) atoms. The van der Waals surface area contributed by atoms with Crippen LogP contribution < -0.4 is 10.2 Å². The number of rotatable bonds is 8. The Kier molecular flexibility index (Phi) is 7.69. The van der Waals surface area contributed by atoms with Crippen LogP contribution in [0.4, 0.5) is 11.8 Å². The van der Waals surface area contributed by atoms with Crippen LogP contribution in [0.2, 0.25) is 5.02 Å². The maximum absolute atomic E-state index is 9.58. The Balaban J connectivity index is 1.44. The van der Waals surface area contributed by atoms with Crippen molar-refractivity contribution in [2.24, 2.45) is 0 Å². The molecular formula is C28H32ClN7O. The van der Waals surface area contributed by atoms with Crippen LogP contribution in [-0.4, -0.2) is 83.2 Å². The molecule has 1 aliphatic heterocycles. The van der Waals surface area contributed by atoms with Gasteiger partial charge in [0, 0.05) is 74.0 Å². The second kappa shape index (κ2) is 11.3. The number of aromatic nitrogens is 3. The Morgan fingerprint density at radius 2 is 1.78 bits per heavy atom. The predicted octanol–water partition coefficient (Wildman–Crippen LogP) is 4.35. The van der Waals surface area contributed by atoms with Crippen molar-refractivity contribution in [2.45, 2.75) is 6.54 Å². The second-order valence-corrected chi connectivity index (χ2v) is 10.1. The van der Waals surface area contributed by atoms with E-state index >= 15 is 0 Å². The van der Waals surface area contributed by atoms with Gasteiger partial charge in [0.2, 0.25) is 11.8 Å². The van der Waals surface area contributed by atoms with E-state index in [0.29, 0.717) is 11.6 Å². The summed E-state index contributed by atoms with van der Waals surface area (Å²) in [5, 5.41) is 14.8. The van der Waals surface area contributed by atoms with Gasteiger partial charge in [0.05, 0.1) is 5.52 Å². The first-order valence-electron chi connectivity index (χ1n) is 12.5. The van der Waals surface area contributed by atoms with Crippen molar-refractivity contribution in [3.05, 3.63) is 71.4 Å². The van der Waals surface area contributed by atoms with Crippen molar-refractivity contribution in [3.8, 4) is 17.0 Å². The highest BCUT2D eigenvalue weighted by molar-refractivity contribution is 6.30. The summed E-state index contributed by atoms with van der Waals surface area (Å²) in [7, 11) is 4.22. The SMILES string of the molecule is CN(C)CCN1CCN(c2nc(NCc3cccc(Cl)c3)c3cc(-c4ccc(O)nc4)ccc3n2)CC1. The molecule has 0 unspecified atom stereocenters. The number of hydrogen-bond donors (Lipinski definition) is 2. The molecule has 1 fully saturated rings. The highest BCUT2D eigenvalue weighted by Crippen LogP contribution is 2.30. The van der Waals surface area contributed by atoms with E-state index < -0.39 is 0 Å². The average Bonchev–Trinajstić information content (AvgIpc) is 2.91. The van der Waals surface area contributed by atoms with Crippen molar-refractivity contribution in [2.75, 3.05) is 63.6 Å². The number of piperazine rings is 1. The van der Waals surface area contributed by atoms with Crippen LogP contribution in [0.15, 0.2) is 60.8 Å². The molecule has 5 rings (SSSR count). The molecule has 3 heterocycles. The fourth-order valence-corrected chi connectivity index (χ4v) is 4.69. The molecule has 9 heteroatoms. The lowest BCUT2D eigenvalue weighted by atomic mass is 10.1. The van der Waals surface area contributed by atoms with Gasteiger partial charge in [-0.25, -0.2) is 9.97 Å². The topological polar surface area (TPSA) is 80.7 Å². The number of fused-ring (bicyclic) bond motifs is 1. The lowest BCUT2D eigenvalue weighted by Gasteiger charge is -2.35. The molecule has 0 atom stereocenters. The summed E-state index contributed by atoms with van der Waals surface area (Å²) in [4.78, 5) is 21.0. The average molecular weight is 518 g/mol. The van der Waals surface area contributed by atoms with E-state index in [2.05, 4.69) is 45.2 Å². The summed E-state index contributed by atoms with van der Waals surface area (Å²) in [6.45, 7) is 6.49. The van der Waals surface area contributed by atoms with Crippen LogP contribution in [0, 0.1) is 0 Å². The van der Waals surface area contributed by atoms with Crippen molar-refractivity contribution >= 4 is 34.3 Å². The molecule has 2 aromatic heterocycles. The fourth-order valence-electron chi connectivity index (χ4n) is 4.47. The van der Waals surface area contributed by atoms with Crippen LogP contribution in [0.3, 0.4) is 0 Å². The second-order valence-electron chi connectivity index (χ2n) is 9.62. The van der Waals surface area contributed by atoms with Crippen LogP contribution >= 0.6 is 11.6 Å². The molecule has 1 saturated heterocycles. The Bertz CT molecular complexity index is 1350. The molecule has 0 bridgehead atoms. The van der Waals surface area contributed by atoms with Crippen molar-refractivity contribution in [1.29, 1.82) is 0 Å². The Morgan fingerprint density at radius 1 is 0.973 bits per heavy atom. The highest BCUT2D eigenvalue weighted by Gasteiger charge is 2.21. The molecule has 0 radical (unpaired) electrons. The summed E-state index contributed by atoms with van der Waals surface area (Å²) < 4.78 is 0. The van der Waals surface area contributed by atoms with E-state index in [0.717, 1.165) is 78.6 Å². The molecule has 4 aromatic rings. The van der Waals surface area contributed by atoms with E-state index in [4.69, 9.17) is 21.6 Å². The van der Waals surface area contributed by atoms with Gasteiger partial charge in [0.15, 0.2) is 0 Å². The molecule has 0 saturated carbocycles. The third-order valence-electron chi connectivity index (χ3n) is 6.63. The van der Waals surface area contributed by atoms with Gasteiger partial charge < -0.3 is 20.2 Å².